The van der Waals surface area contributed by atoms with Crippen molar-refractivity contribution < 1.29 is 22.7 Å². The number of carbonyl (C=O) groups is 2. The van der Waals surface area contributed by atoms with E-state index in [1.54, 1.807) is 38.1 Å². The molecule has 2 aromatic rings. The van der Waals surface area contributed by atoms with Gasteiger partial charge in [-0.2, -0.15) is 4.31 Å². The molecule has 1 amide bonds. The van der Waals surface area contributed by atoms with Gasteiger partial charge in [0.2, 0.25) is 10.0 Å². The number of esters is 1. The molecule has 0 unspecified atom stereocenters. The molecule has 0 aromatic heterocycles. The average Bonchev–Trinajstić information content (AvgIpc) is 2.72. The Balaban J connectivity index is 2.03. The molecule has 0 radical (unpaired) electrons. The second-order valence-electron chi connectivity index (χ2n) is 6.18. The first-order chi connectivity index (χ1) is 14.2. The van der Waals surface area contributed by atoms with Crippen molar-refractivity contribution in [2.75, 3.05) is 19.7 Å². The summed E-state index contributed by atoms with van der Waals surface area (Å²) in [7, 11) is -3.86. The maximum absolute atomic E-state index is 12.7. The number of ether oxygens (including phenoxy) is 1. The summed E-state index contributed by atoms with van der Waals surface area (Å²) in [5, 5.41) is 3.11. The van der Waals surface area contributed by atoms with Crippen molar-refractivity contribution in [2.24, 2.45) is 0 Å². The molecule has 7 nitrogen and oxygen atoms in total. The Hall–Kier alpha value is -2.13. The third-order valence-corrected chi connectivity index (χ3v) is 7.16. The van der Waals surface area contributed by atoms with Gasteiger partial charge < -0.3 is 10.1 Å². The molecule has 0 aliphatic carbocycles. The zero-order valence-electron chi connectivity index (χ0n) is 16.5. The van der Waals surface area contributed by atoms with Crippen molar-refractivity contribution in [1.82, 2.24) is 9.62 Å². The van der Waals surface area contributed by atoms with Crippen LogP contribution in [0.15, 0.2) is 47.4 Å². The van der Waals surface area contributed by atoms with Gasteiger partial charge in [0.1, 0.15) is 4.90 Å². The molecule has 0 aliphatic heterocycles. The summed E-state index contributed by atoms with van der Waals surface area (Å²) in [4.78, 5) is 24.1. The van der Waals surface area contributed by atoms with Crippen molar-refractivity contribution in [3.8, 4) is 0 Å². The van der Waals surface area contributed by atoms with Crippen LogP contribution in [-0.2, 0) is 26.1 Å². The third kappa shape index (κ3) is 5.95. The van der Waals surface area contributed by atoms with Crippen LogP contribution in [0.3, 0.4) is 0 Å². The van der Waals surface area contributed by atoms with Gasteiger partial charge in [-0.25, -0.2) is 13.2 Å². The van der Waals surface area contributed by atoms with E-state index in [0.29, 0.717) is 5.02 Å². The summed E-state index contributed by atoms with van der Waals surface area (Å²) in [6.45, 7) is 3.58. The first-order valence-electron chi connectivity index (χ1n) is 9.17. The zero-order valence-corrected chi connectivity index (χ0v) is 18.9. The van der Waals surface area contributed by atoms with Crippen LogP contribution in [0, 0.1) is 0 Å². The molecule has 30 heavy (non-hydrogen) atoms. The van der Waals surface area contributed by atoms with Gasteiger partial charge in [-0.05, 0) is 29.8 Å². The quantitative estimate of drug-likeness (QED) is 0.563. The number of carbonyl (C=O) groups excluding carboxylic acids is 2. The van der Waals surface area contributed by atoms with Crippen LogP contribution in [0.4, 0.5) is 0 Å². The Kier molecular flexibility index (Phi) is 8.66. The largest absolute Gasteiger partial charge is 0.452 e. The van der Waals surface area contributed by atoms with Crippen molar-refractivity contribution in [2.45, 2.75) is 25.3 Å². The highest BCUT2D eigenvalue weighted by Crippen LogP contribution is 2.26. The van der Waals surface area contributed by atoms with Crippen molar-refractivity contribution >= 4 is 45.1 Å². The lowest BCUT2D eigenvalue weighted by molar-refractivity contribution is -0.124. The normalized spacial score (nSPS) is 11.4. The minimum atomic E-state index is -3.86. The summed E-state index contributed by atoms with van der Waals surface area (Å²) in [6, 6.07) is 10.8. The Morgan fingerprint density at radius 1 is 1.03 bits per heavy atom. The number of sulfonamides is 1. The molecule has 0 bridgehead atoms. The molecular formula is C20H22Cl2N2O5S. The number of amides is 1. The number of halogens is 2. The fourth-order valence-corrected chi connectivity index (χ4v) is 4.79. The lowest BCUT2D eigenvalue weighted by Crippen LogP contribution is -2.31. The van der Waals surface area contributed by atoms with E-state index >= 15 is 0 Å². The van der Waals surface area contributed by atoms with E-state index in [1.165, 1.54) is 16.4 Å². The molecule has 10 heteroatoms. The zero-order chi connectivity index (χ0) is 22.3. The monoisotopic (exact) mass is 472 g/mol. The van der Waals surface area contributed by atoms with Crippen molar-refractivity contribution in [1.29, 1.82) is 0 Å². The molecule has 0 saturated heterocycles. The molecule has 0 heterocycles. The lowest BCUT2D eigenvalue weighted by Gasteiger charge is -2.19. The number of nitrogens with zero attached hydrogens (tertiary/aromatic N) is 1. The molecule has 0 saturated carbocycles. The summed E-state index contributed by atoms with van der Waals surface area (Å²) in [5.74, 6) is -1.36. The first kappa shape index (κ1) is 24.1. The van der Waals surface area contributed by atoms with Gasteiger partial charge >= 0.3 is 5.97 Å². The Labute approximate surface area is 186 Å². The number of hydrogen-bond donors (Lipinski definition) is 1. The molecule has 2 rings (SSSR count). The molecule has 162 valence electrons. The Morgan fingerprint density at radius 2 is 1.70 bits per heavy atom. The van der Waals surface area contributed by atoms with E-state index in [0.717, 1.165) is 11.6 Å². The third-order valence-electron chi connectivity index (χ3n) is 4.26. The highest BCUT2D eigenvalue weighted by molar-refractivity contribution is 7.89. The van der Waals surface area contributed by atoms with Gasteiger partial charge in [0.05, 0.1) is 10.6 Å². The van der Waals surface area contributed by atoms with Gasteiger partial charge in [0, 0.05) is 24.7 Å². The highest BCUT2D eigenvalue weighted by Gasteiger charge is 2.26. The highest BCUT2D eigenvalue weighted by atomic mass is 35.5. The standard InChI is InChI=1S/C20H22Cl2N2O5S/c1-3-24(4-2)30(27,28)18-11-14(9-10-17(18)22)20(26)29-13-19(25)23-12-15-7-5-6-8-16(15)21/h5-11H,3-4,12-13H2,1-2H3,(H,23,25). The van der Waals surface area contributed by atoms with E-state index in [1.807, 2.05) is 0 Å². The van der Waals surface area contributed by atoms with Gasteiger partial charge in [-0.15, -0.1) is 0 Å². The smallest absolute Gasteiger partial charge is 0.338 e. The minimum Gasteiger partial charge on any atom is -0.452 e. The van der Waals surface area contributed by atoms with Crippen LogP contribution in [-0.4, -0.2) is 44.3 Å². The van der Waals surface area contributed by atoms with E-state index in [4.69, 9.17) is 27.9 Å². The van der Waals surface area contributed by atoms with E-state index in [9.17, 15) is 18.0 Å². The van der Waals surface area contributed by atoms with Crippen molar-refractivity contribution in [3.63, 3.8) is 0 Å². The minimum absolute atomic E-state index is 0.00377. The fraction of sp³-hybridized carbons (Fsp3) is 0.300. The molecule has 0 atom stereocenters. The summed E-state index contributed by atoms with van der Waals surface area (Å²) in [5.41, 5.74) is 0.701. The fourth-order valence-electron chi connectivity index (χ4n) is 2.63. The topological polar surface area (TPSA) is 92.8 Å². The first-order valence-corrected chi connectivity index (χ1v) is 11.4. The van der Waals surface area contributed by atoms with E-state index in [-0.39, 0.29) is 35.1 Å². The maximum atomic E-state index is 12.7. The van der Waals surface area contributed by atoms with E-state index < -0.39 is 28.5 Å². The van der Waals surface area contributed by atoms with Gasteiger partial charge in [-0.3, -0.25) is 4.79 Å². The van der Waals surface area contributed by atoms with Crippen LogP contribution in [0.5, 0.6) is 0 Å². The van der Waals surface area contributed by atoms with Crippen LogP contribution in [0.1, 0.15) is 29.8 Å². The number of hydrogen-bond acceptors (Lipinski definition) is 5. The second-order valence-corrected chi connectivity index (χ2v) is 8.90. The molecule has 0 fully saturated rings. The van der Waals surface area contributed by atoms with Crippen LogP contribution in [0.25, 0.3) is 0 Å². The lowest BCUT2D eigenvalue weighted by atomic mass is 10.2. The molecule has 1 N–H and O–H groups in total. The Bertz CT molecular complexity index is 1020. The van der Waals surface area contributed by atoms with Gasteiger partial charge in [0.15, 0.2) is 6.61 Å². The number of nitrogens with one attached hydrogen (secondary N) is 1. The second kappa shape index (κ2) is 10.8. The summed E-state index contributed by atoms with van der Waals surface area (Å²) < 4.78 is 31.7. The summed E-state index contributed by atoms with van der Waals surface area (Å²) in [6.07, 6.45) is 0. The summed E-state index contributed by atoms with van der Waals surface area (Å²) >= 11 is 12.1. The molecule has 2 aromatic carbocycles. The predicted molar refractivity (Wildman–Crippen MR) is 115 cm³/mol. The Morgan fingerprint density at radius 3 is 2.33 bits per heavy atom. The molecule has 0 spiro atoms. The van der Waals surface area contributed by atoms with Crippen LogP contribution in [0.2, 0.25) is 10.0 Å². The predicted octanol–water partition coefficient (Wildman–Crippen LogP) is 3.50. The SMILES string of the molecule is CCN(CC)S(=O)(=O)c1cc(C(=O)OCC(=O)NCc2ccccc2Cl)ccc1Cl. The number of benzene rings is 2. The van der Waals surface area contributed by atoms with E-state index in [2.05, 4.69) is 5.32 Å². The van der Waals surface area contributed by atoms with Crippen LogP contribution >= 0.6 is 23.2 Å². The molecular weight excluding hydrogens is 451 g/mol. The average molecular weight is 473 g/mol. The molecule has 0 aliphatic rings. The van der Waals surface area contributed by atoms with Crippen LogP contribution < -0.4 is 5.32 Å². The van der Waals surface area contributed by atoms with Gasteiger partial charge in [0.25, 0.3) is 5.91 Å². The maximum Gasteiger partial charge on any atom is 0.338 e. The van der Waals surface area contributed by atoms with Gasteiger partial charge in [-0.1, -0.05) is 55.2 Å². The van der Waals surface area contributed by atoms with Crippen molar-refractivity contribution in [3.05, 3.63) is 63.6 Å². The number of rotatable bonds is 9.